The van der Waals surface area contributed by atoms with E-state index in [9.17, 15) is 5.26 Å². The van der Waals surface area contributed by atoms with Crippen LogP contribution in [0.1, 0.15) is 5.56 Å². The number of aromatic nitrogens is 2. The third-order valence-corrected chi connectivity index (χ3v) is 13.9. The number of hydrogen-bond acceptors (Lipinski definition) is 3. The number of benzene rings is 8. The van der Waals surface area contributed by atoms with Crippen molar-refractivity contribution in [2.45, 2.75) is 0 Å². The number of nitrogens with zero attached hydrogens (tertiary/aromatic N) is 4. The van der Waals surface area contributed by atoms with Crippen molar-refractivity contribution in [1.82, 2.24) is 9.13 Å². The summed E-state index contributed by atoms with van der Waals surface area (Å²) in [7, 11) is 0. The van der Waals surface area contributed by atoms with Crippen LogP contribution in [0.4, 0.5) is 5.69 Å². The molecule has 0 bridgehead atoms. The van der Waals surface area contributed by atoms with Crippen LogP contribution in [0.3, 0.4) is 0 Å². The number of fused-ring (bicyclic) bond motifs is 12. The molecule has 0 unspecified atom stereocenters. The molecule has 4 nitrogen and oxygen atoms in total. The van der Waals surface area contributed by atoms with Crippen molar-refractivity contribution in [3.63, 3.8) is 0 Å². The first-order chi connectivity index (χ1) is 27.7. The summed E-state index contributed by atoms with van der Waals surface area (Å²) in [5, 5.41) is 19.3. The zero-order valence-corrected chi connectivity index (χ0v) is 31.2. The van der Waals surface area contributed by atoms with E-state index in [-0.39, 0.29) is 0 Å². The molecule has 0 fully saturated rings. The number of hydrogen-bond donors (Lipinski definition) is 0. The zero-order chi connectivity index (χ0) is 37.1. The molecular formula is C50H26N4S2. The molecule has 0 spiro atoms. The lowest BCUT2D eigenvalue weighted by Gasteiger charge is -2.11. The number of para-hydroxylation sites is 2. The maximum atomic E-state index is 9.90. The second-order valence-electron chi connectivity index (χ2n) is 14.2. The SMILES string of the molecule is [C-]#[N+]c1cccc2c1sc1c(-n3c4ccccc4c4cc(-c5ccc6c(c5)c5ccccc5n6-c5cccc6c5sc5c(C#N)cccc56)ccc43)cccc12. The highest BCUT2D eigenvalue weighted by molar-refractivity contribution is 7.27. The number of thiophene rings is 2. The lowest BCUT2D eigenvalue weighted by Crippen LogP contribution is -1.94. The topological polar surface area (TPSA) is 38.0 Å². The number of nitriles is 1. The maximum Gasteiger partial charge on any atom is 0.204 e. The van der Waals surface area contributed by atoms with E-state index in [2.05, 4.69) is 154 Å². The Balaban J connectivity index is 1.06. The standard InChI is InChI=1S/C50H26N4S2/c1-52-40-17-7-14-35-37-16-9-21-46(50(37)56-48(35)40)54-42-19-5-3-12-33(42)39-27-30(23-25-44(39)54)29-22-24-43-38(26-29)32-11-2-4-18-41(32)53(43)45-20-8-15-36-34-13-6-10-31(28-51)47(34)55-49(36)45/h2-27H. The maximum absolute atomic E-state index is 9.90. The second-order valence-corrected chi connectivity index (χ2v) is 16.3. The highest BCUT2D eigenvalue weighted by Gasteiger charge is 2.20. The van der Waals surface area contributed by atoms with E-state index in [0.717, 1.165) is 64.7 Å². The minimum Gasteiger partial charge on any atom is -0.308 e. The molecule has 4 aromatic heterocycles. The van der Waals surface area contributed by atoms with Gasteiger partial charge in [0.15, 0.2) is 0 Å². The van der Waals surface area contributed by atoms with E-state index < -0.39 is 0 Å². The fourth-order valence-corrected chi connectivity index (χ4v) is 11.5. The van der Waals surface area contributed by atoms with Gasteiger partial charge in [-0.05, 0) is 71.1 Å². The van der Waals surface area contributed by atoms with E-state index in [0.29, 0.717) is 11.3 Å². The Kier molecular flexibility index (Phi) is 6.48. The Morgan fingerprint density at radius 2 is 0.875 bits per heavy atom. The van der Waals surface area contributed by atoms with E-state index in [1.165, 1.54) is 41.7 Å². The first kappa shape index (κ1) is 31.2. The van der Waals surface area contributed by atoms with Gasteiger partial charge in [0.1, 0.15) is 6.07 Å². The molecule has 0 radical (unpaired) electrons. The van der Waals surface area contributed by atoms with Crippen molar-refractivity contribution in [2.24, 2.45) is 0 Å². The molecule has 8 aromatic carbocycles. The molecular weight excluding hydrogens is 721 g/mol. The summed E-state index contributed by atoms with van der Waals surface area (Å²) >= 11 is 3.42. The molecule has 258 valence electrons. The van der Waals surface area contributed by atoms with Crippen molar-refractivity contribution in [1.29, 1.82) is 5.26 Å². The monoisotopic (exact) mass is 746 g/mol. The van der Waals surface area contributed by atoms with Gasteiger partial charge in [-0.25, -0.2) is 4.85 Å². The van der Waals surface area contributed by atoms with E-state index >= 15 is 0 Å². The van der Waals surface area contributed by atoms with Crippen LogP contribution in [0.2, 0.25) is 0 Å². The lowest BCUT2D eigenvalue weighted by molar-refractivity contribution is 1.20. The van der Waals surface area contributed by atoms with E-state index in [1.54, 1.807) is 22.7 Å². The van der Waals surface area contributed by atoms with Crippen LogP contribution < -0.4 is 0 Å². The smallest absolute Gasteiger partial charge is 0.204 e. The molecule has 12 aromatic rings. The normalized spacial score (nSPS) is 11.9. The molecule has 0 aliphatic rings. The van der Waals surface area contributed by atoms with Crippen molar-refractivity contribution in [3.05, 3.63) is 175 Å². The van der Waals surface area contributed by atoms with Gasteiger partial charge < -0.3 is 9.13 Å². The predicted molar refractivity (Wildman–Crippen MR) is 237 cm³/mol. The largest absolute Gasteiger partial charge is 0.308 e. The second kappa shape index (κ2) is 11.6. The fraction of sp³-hybridized carbons (Fsp3) is 0. The summed E-state index contributed by atoms with van der Waals surface area (Å²) in [5.74, 6) is 0. The molecule has 0 aliphatic heterocycles. The van der Waals surface area contributed by atoms with E-state index in [4.69, 9.17) is 6.57 Å². The van der Waals surface area contributed by atoms with Crippen LogP contribution in [0.25, 0.3) is 111 Å². The summed E-state index contributed by atoms with van der Waals surface area (Å²) < 4.78 is 9.23. The van der Waals surface area contributed by atoms with Crippen molar-refractivity contribution in [2.75, 3.05) is 0 Å². The molecule has 56 heavy (non-hydrogen) atoms. The Bertz CT molecular complexity index is 3500. The summed E-state index contributed by atoms with van der Waals surface area (Å²) in [5.41, 5.74) is 10.6. The Hall–Kier alpha value is -7.22. The average molecular weight is 747 g/mol. The quantitative estimate of drug-likeness (QED) is 0.166. The van der Waals surface area contributed by atoms with Crippen LogP contribution >= 0.6 is 22.7 Å². The molecule has 0 saturated heterocycles. The third kappa shape index (κ3) is 4.20. The molecule has 0 aliphatic carbocycles. The van der Waals surface area contributed by atoms with Gasteiger partial charge in [-0.2, -0.15) is 5.26 Å². The van der Waals surface area contributed by atoms with Crippen molar-refractivity contribution in [3.8, 4) is 28.6 Å². The fourth-order valence-electron chi connectivity index (χ4n) is 8.95. The average Bonchev–Trinajstić information content (AvgIpc) is 4.01. The van der Waals surface area contributed by atoms with Gasteiger partial charge in [-0.3, -0.25) is 0 Å². The molecule has 0 atom stereocenters. The van der Waals surface area contributed by atoms with Gasteiger partial charge in [0.25, 0.3) is 0 Å². The van der Waals surface area contributed by atoms with Crippen LogP contribution in [0.15, 0.2) is 158 Å². The Morgan fingerprint density at radius 3 is 1.43 bits per heavy atom. The van der Waals surface area contributed by atoms with Crippen molar-refractivity contribution >= 4 is 112 Å². The zero-order valence-electron chi connectivity index (χ0n) is 29.6. The summed E-state index contributed by atoms with van der Waals surface area (Å²) in [4.78, 5) is 3.85. The van der Waals surface area contributed by atoms with Gasteiger partial charge in [0.2, 0.25) is 5.69 Å². The molecule has 0 saturated carbocycles. The molecule has 4 heterocycles. The first-order valence-corrected chi connectivity index (χ1v) is 20.1. The highest BCUT2D eigenvalue weighted by atomic mass is 32.1. The summed E-state index contributed by atoms with van der Waals surface area (Å²) in [6.45, 7) is 7.80. The van der Waals surface area contributed by atoms with Crippen LogP contribution in [-0.4, -0.2) is 9.13 Å². The lowest BCUT2D eigenvalue weighted by atomic mass is 10.0. The Morgan fingerprint density at radius 1 is 0.429 bits per heavy atom. The van der Waals surface area contributed by atoms with Crippen molar-refractivity contribution < 1.29 is 0 Å². The van der Waals surface area contributed by atoms with E-state index in [1.807, 2.05) is 24.3 Å². The van der Waals surface area contributed by atoms with Gasteiger partial charge >= 0.3 is 0 Å². The highest BCUT2D eigenvalue weighted by Crippen LogP contribution is 2.45. The van der Waals surface area contributed by atoms with Gasteiger partial charge in [0.05, 0.1) is 59.7 Å². The summed E-state index contributed by atoms with van der Waals surface area (Å²) in [6, 6.07) is 58.6. The molecule has 0 amide bonds. The molecule has 0 N–H and O–H groups in total. The molecule has 6 heteroatoms. The van der Waals surface area contributed by atoms with Gasteiger partial charge in [-0.15, -0.1) is 22.7 Å². The third-order valence-electron chi connectivity index (χ3n) is 11.4. The predicted octanol–water partition coefficient (Wildman–Crippen LogP) is 14.7. The Labute approximate surface area is 328 Å². The minimum atomic E-state index is 0.702. The van der Waals surface area contributed by atoms with Gasteiger partial charge in [0, 0.05) is 42.4 Å². The van der Waals surface area contributed by atoms with Crippen LogP contribution in [-0.2, 0) is 0 Å². The first-order valence-electron chi connectivity index (χ1n) is 18.4. The molecule has 12 rings (SSSR count). The summed E-state index contributed by atoms with van der Waals surface area (Å²) in [6.07, 6.45) is 0. The number of rotatable bonds is 3. The van der Waals surface area contributed by atoms with Crippen LogP contribution in [0, 0.1) is 17.9 Å². The van der Waals surface area contributed by atoms with Gasteiger partial charge in [-0.1, -0.05) is 103 Å². The van der Waals surface area contributed by atoms with Crippen LogP contribution in [0.5, 0.6) is 0 Å². The minimum absolute atomic E-state index is 0.702.